The van der Waals surface area contributed by atoms with Crippen LogP contribution in [-0.2, 0) is 17.8 Å². The van der Waals surface area contributed by atoms with Gasteiger partial charge in [0.2, 0.25) is 5.91 Å². The summed E-state index contributed by atoms with van der Waals surface area (Å²) in [5.41, 5.74) is 2.85. The number of carbonyl (C=O) groups excluding carboxylic acids is 1. The topological polar surface area (TPSA) is 44.7 Å². The Bertz CT molecular complexity index is 800. The molecule has 1 fully saturated rings. The van der Waals surface area contributed by atoms with E-state index in [9.17, 15) is 4.79 Å². The van der Waals surface area contributed by atoms with E-state index in [0.717, 1.165) is 30.9 Å². The maximum atomic E-state index is 12.9. The number of likely N-dealkylation sites (N-methyl/N-ethyl adjacent to an activating group) is 1. The summed E-state index contributed by atoms with van der Waals surface area (Å²) in [6.45, 7) is 0.745. The fourth-order valence-corrected chi connectivity index (χ4v) is 3.92. The van der Waals surface area contributed by atoms with Crippen molar-refractivity contribution in [2.75, 3.05) is 7.05 Å². The first kappa shape index (κ1) is 14.9. The van der Waals surface area contributed by atoms with Crippen molar-refractivity contribution in [3.05, 3.63) is 65.7 Å². The van der Waals surface area contributed by atoms with E-state index in [0.29, 0.717) is 6.42 Å². The number of para-hydroxylation sites is 1. The van der Waals surface area contributed by atoms with E-state index < -0.39 is 5.54 Å². The van der Waals surface area contributed by atoms with Crippen LogP contribution in [0.4, 0.5) is 5.69 Å². The summed E-state index contributed by atoms with van der Waals surface area (Å²) in [7, 11) is 1.72. The molecule has 0 radical (unpaired) electrons. The average Bonchev–Trinajstić information content (AvgIpc) is 2.98. The van der Waals surface area contributed by atoms with E-state index in [1.54, 1.807) is 7.05 Å². The molecule has 0 saturated carbocycles. The van der Waals surface area contributed by atoms with Gasteiger partial charge in [0.05, 0.1) is 5.69 Å². The van der Waals surface area contributed by atoms with E-state index in [-0.39, 0.29) is 5.91 Å². The van der Waals surface area contributed by atoms with Gasteiger partial charge in [-0.15, -0.1) is 0 Å². The zero-order valence-electron chi connectivity index (χ0n) is 13.8. The Morgan fingerprint density at radius 2 is 1.92 bits per heavy atom. The van der Waals surface area contributed by atoms with Crippen LogP contribution in [0, 0.1) is 0 Å². The highest BCUT2D eigenvalue weighted by molar-refractivity contribution is 5.98. The number of benzene rings is 2. The van der Waals surface area contributed by atoms with E-state index in [1.807, 2.05) is 30.3 Å². The lowest BCUT2D eigenvalue weighted by Gasteiger charge is -2.40. The molecule has 0 unspecified atom stereocenters. The summed E-state index contributed by atoms with van der Waals surface area (Å²) in [5.74, 6) is 1.11. The van der Waals surface area contributed by atoms with Gasteiger partial charge in [0.1, 0.15) is 11.4 Å². The Hall–Kier alpha value is -2.62. The summed E-state index contributed by atoms with van der Waals surface area (Å²) in [5, 5.41) is 2.89. The fourth-order valence-electron chi connectivity index (χ4n) is 3.92. The van der Waals surface area contributed by atoms with Gasteiger partial charge in [-0.2, -0.15) is 0 Å². The van der Waals surface area contributed by atoms with E-state index in [1.165, 1.54) is 11.1 Å². The molecule has 0 spiro atoms. The number of hydrogen-bond acceptors (Lipinski definition) is 3. The molecule has 2 heterocycles. The minimum atomic E-state index is -0.553. The van der Waals surface area contributed by atoms with Crippen molar-refractivity contribution in [3.8, 4) is 0 Å². The second-order valence-electron chi connectivity index (χ2n) is 6.52. The molecule has 2 aromatic carbocycles. The van der Waals surface area contributed by atoms with Gasteiger partial charge in [0.15, 0.2) is 0 Å². The van der Waals surface area contributed by atoms with Gasteiger partial charge in [0.25, 0.3) is 0 Å². The maximum Gasteiger partial charge on any atom is 0.246 e. The average molecular weight is 319 g/mol. The van der Waals surface area contributed by atoms with Crippen LogP contribution in [-0.4, -0.2) is 29.2 Å². The van der Waals surface area contributed by atoms with E-state index in [4.69, 9.17) is 4.99 Å². The molecule has 4 heteroatoms. The molecule has 122 valence electrons. The summed E-state index contributed by atoms with van der Waals surface area (Å²) in [4.78, 5) is 19.9. The van der Waals surface area contributed by atoms with E-state index in [2.05, 4.69) is 34.5 Å². The van der Waals surface area contributed by atoms with Crippen LogP contribution in [0.1, 0.15) is 24.0 Å². The Morgan fingerprint density at radius 1 is 1.17 bits per heavy atom. The molecule has 1 N–H and O–H groups in total. The van der Waals surface area contributed by atoms with Gasteiger partial charge in [-0.3, -0.25) is 4.79 Å². The van der Waals surface area contributed by atoms with Gasteiger partial charge >= 0.3 is 0 Å². The van der Waals surface area contributed by atoms with Gasteiger partial charge in [0, 0.05) is 26.4 Å². The summed E-state index contributed by atoms with van der Waals surface area (Å²) >= 11 is 0. The SMILES string of the molecule is CNC(=O)[C@]1(Cc2ccccc2)CCC2=Nc3ccccc3CN21. The van der Waals surface area contributed by atoms with Crippen molar-refractivity contribution in [3.63, 3.8) is 0 Å². The molecule has 24 heavy (non-hydrogen) atoms. The summed E-state index contributed by atoms with van der Waals surface area (Å²) < 4.78 is 0. The monoisotopic (exact) mass is 319 g/mol. The van der Waals surface area contributed by atoms with Crippen molar-refractivity contribution in [1.82, 2.24) is 10.2 Å². The van der Waals surface area contributed by atoms with Gasteiger partial charge in [-0.1, -0.05) is 48.5 Å². The highest BCUT2D eigenvalue weighted by Crippen LogP contribution is 2.40. The zero-order valence-corrected chi connectivity index (χ0v) is 13.8. The molecule has 1 saturated heterocycles. The lowest BCUT2D eigenvalue weighted by molar-refractivity contribution is -0.130. The van der Waals surface area contributed by atoms with Crippen molar-refractivity contribution in [2.24, 2.45) is 4.99 Å². The molecule has 1 atom stereocenters. The number of fused-ring (bicyclic) bond motifs is 2. The van der Waals surface area contributed by atoms with Crippen molar-refractivity contribution >= 4 is 17.4 Å². The molecule has 2 aliphatic rings. The highest BCUT2D eigenvalue weighted by atomic mass is 16.2. The molecule has 0 aliphatic carbocycles. The zero-order chi connectivity index (χ0) is 16.6. The number of nitrogens with zero attached hydrogens (tertiary/aromatic N) is 2. The molecule has 4 nitrogen and oxygen atoms in total. The second-order valence-corrected chi connectivity index (χ2v) is 6.52. The maximum absolute atomic E-state index is 12.9. The van der Waals surface area contributed by atoms with Crippen LogP contribution < -0.4 is 5.32 Å². The molecular weight excluding hydrogens is 298 g/mol. The standard InChI is InChI=1S/C20H21N3O/c1-21-19(24)20(13-15-7-3-2-4-8-15)12-11-18-22-17-10-6-5-9-16(17)14-23(18)20/h2-10H,11-14H2,1H3,(H,21,24)/t20-/m1/s1. The molecule has 2 aliphatic heterocycles. The molecule has 2 aromatic rings. The van der Waals surface area contributed by atoms with Crippen LogP contribution in [0.25, 0.3) is 0 Å². The number of amidine groups is 1. The Kier molecular flexibility index (Phi) is 3.60. The number of nitrogens with one attached hydrogen (secondary N) is 1. The third-order valence-electron chi connectivity index (χ3n) is 5.15. The van der Waals surface area contributed by atoms with Crippen molar-refractivity contribution < 1.29 is 4.79 Å². The molecule has 4 rings (SSSR count). The molecule has 0 bridgehead atoms. The lowest BCUT2D eigenvalue weighted by atomic mass is 9.86. The van der Waals surface area contributed by atoms with E-state index >= 15 is 0 Å². The molecule has 0 aromatic heterocycles. The Labute approximate surface area is 142 Å². The third kappa shape index (κ3) is 2.30. The number of carbonyl (C=O) groups is 1. The highest BCUT2D eigenvalue weighted by Gasteiger charge is 2.50. The normalized spacial score (nSPS) is 21.7. The molecular formula is C20H21N3O. The van der Waals surface area contributed by atoms with Crippen LogP contribution in [0.3, 0.4) is 0 Å². The first-order valence-corrected chi connectivity index (χ1v) is 8.42. The molecule has 1 amide bonds. The largest absolute Gasteiger partial charge is 0.357 e. The van der Waals surface area contributed by atoms with Gasteiger partial charge in [-0.25, -0.2) is 4.99 Å². The minimum Gasteiger partial charge on any atom is -0.357 e. The first-order chi connectivity index (χ1) is 11.7. The number of aliphatic imine (C=N–C) groups is 1. The number of rotatable bonds is 3. The van der Waals surface area contributed by atoms with Crippen LogP contribution >= 0.6 is 0 Å². The summed E-state index contributed by atoms with van der Waals surface area (Å²) in [6, 6.07) is 18.5. The quantitative estimate of drug-likeness (QED) is 0.945. The number of amides is 1. The van der Waals surface area contributed by atoms with Crippen molar-refractivity contribution in [1.29, 1.82) is 0 Å². The smallest absolute Gasteiger partial charge is 0.246 e. The van der Waals surface area contributed by atoms with Crippen LogP contribution in [0.5, 0.6) is 0 Å². The second kappa shape index (κ2) is 5.78. The minimum absolute atomic E-state index is 0.0796. The van der Waals surface area contributed by atoms with Crippen LogP contribution in [0.15, 0.2) is 59.6 Å². The van der Waals surface area contributed by atoms with Crippen LogP contribution in [0.2, 0.25) is 0 Å². The predicted octanol–water partition coefficient (Wildman–Crippen LogP) is 3.05. The van der Waals surface area contributed by atoms with Gasteiger partial charge < -0.3 is 10.2 Å². The third-order valence-corrected chi connectivity index (χ3v) is 5.15. The predicted molar refractivity (Wildman–Crippen MR) is 95.3 cm³/mol. The first-order valence-electron chi connectivity index (χ1n) is 8.42. The summed E-state index contributed by atoms with van der Waals surface area (Å²) in [6.07, 6.45) is 2.34. The van der Waals surface area contributed by atoms with Crippen molar-refractivity contribution in [2.45, 2.75) is 31.3 Å². The Morgan fingerprint density at radius 3 is 2.71 bits per heavy atom. The Balaban J connectivity index is 1.75. The fraction of sp³-hybridized carbons (Fsp3) is 0.300. The lowest BCUT2D eigenvalue weighted by Crippen LogP contribution is -2.57. The number of hydrogen-bond donors (Lipinski definition) is 1. The van der Waals surface area contributed by atoms with Gasteiger partial charge in [-0.05, 0) is 23.6 Å².